The highest BCUT2D eigenvalue weighted by atomic mass is 79.9. The molecule has 1 aliphatic heterocycles. The van der Waals surface area contributed by atoms with Crippen LogP contribution in [0.15, 0.2) is 45.8 Å². The maximum atomic E-state index is 11.2. The van der Waals surface area contributed by atoms with Crippen LogP contribution in [-0.4, -0.2) is 17.3 Å². The van der Waals surface area contributed by atoms with Crippen molar-refractivity contribution in [3.05, 3.63) is 40.9 Å². The summed E-state index contributed by atoms with van der Waals surface area (Å²) in [7, 11) is 0. The summed E-state index contributed by atoms with van der Waals surface area (Å²) in [5, 5.41) is 0. The Bertz CT molecular complexity index is 414. The normalized spacial score (nSPS) is 24.8. The van der Waals surface area contributed by atoms with E-state index in [1.807, 2.05) is 24.3 Å². The van der Waals surface area contributed by atoms with E-state index in [-0.39, 0.29) is 17.3 Å². The van der Waals surface area contributed by atoms with Gasteiger partial charge in [-0.2, -0.15) is 0 Å². The number of thioether (sulfide) groups is 1. The van der Waals surface area contributed by atoms with Gasteiger partial charge in [0.15, 0.2) is 5.78 Å². The first kappa shape index (κ1) is 11.9. The Hall–Kier alpha value is -0.580. The molecule has 0 N–H and O–H groups in total. The van der Waals surface area contributed by atoms with E-state index in [1.165, 1.54) is 0 Å². The van der Waals surface area contributed by atoms with Gasteiger partial charge < -0.3 is 4.74 Å². The Morgan fingerprint density at radius 1 is 1.31 bits per heavy atom. The van der Waals surface area contributed by atoms with Gasteiger partial charge in [0.25, 0.3) is 0 Å². The van der Waals surface area contributed by atoms with Crippen molar-refractivity contribution in [2.45, 2.75) is 23.4 Å². The summed E-state index contributed by atoms with van der Waals surface area (Å²) in [6, 6.07) is 8.02. The van der Waals surface area contributed by atoms with E-state index in [9.17, 15) is 4.79 Å². The molecule has 0 saturated carbocycles. The topological polar surface area (TPSA) is 26.3 Å². The van der Waals surface area contributed by atoms with Gasteiger partial charge in [-0.25, -0.2) is 0 Å². The molecule has 1 aliphatic rings. The van der Waals surface area contributed by atoms with Crippen molar-refractivity contribution in [1.29, 1.82) is 0 Å². The number of carbonyl (C=O) groups is 1. The van der Waals surface area contributed by atoms with E-state index in [1.54, 1.807) is 30.8 Å². The minimum Gasteiger partial charge on any atom is -0.352 e. The number of ketones is 1. The smallest absolute Gasteiger partial charge is 0.183 e. The summed E-state index contributed by atoms with van der Waals surface area (Å²) in [5.41, 5.74) is -0.0751. The van der Waals surface area contributed by atoms with E-state index in [4.69, 9.17) is 4.74 Å². The second-order valence-corrected chi connectivity index (χ2v) is 5.57. The molecule has 0 saturated heterocycles. The minimum atomic E-state index is -0.335. The van der Waals surface area contributed by atoms with E-state index >= 15 is 0 Å². The second-order valence-electron chi connectivity index (χ2n) is 3.48. The van der Waals surface area contributed by atoms with Crippen LogP contribution in [0.2, 0.25) is 0 Å². The molecule has 4 heteroatoms. The van der Waals surface area contributed by atoms with Gasteiger partial charge >= 0.3 is 0 Å². The number of rotatable bonds is 2. The zero-order chi connectivity index (χ0) is 11.5. The van der Waals surface area contributed by atoms with Crippen molar-refractivity contribution >= 4 is 33.5 Å². The molecular formula is C12H11BrO2S. The standard InChI is InChI=1S/C12H11BrO2S/c1-8-11(14)6-7-12(15-8)16-10-4-2-9(13)3-5-10/h2-8,12H,1H3/t8-,12-/m1/s1. The Balaban J connectivity index is 2.03. The lowest BCUT2D eigenvalue weighted by molar-refractivity contribution is -0.125. The summed E-state index contributed by atoms with van der Waals surface area (Å²) in [6.07, 6.45) is 3.07. The first-order valence-electron chi connectivity index (χ1n) is 4.95. The number of halogens is 1. The number of ether oxygens (including phenoxy) is 1. The average molecular weight is 299 g/mol. The fourth-order valence-electron chi connectivity index (χ4n) is 1.34. The SMILES string of the molecule is C[C@H]1O[C@H](Sc2ccc(Br)cc2)C=CC1=O. The zero-order valence-corrected chi connectivity index (χ0v) is 11.1. The lowest BCUT2D eigenvalue weighted by Gasteiger charge is -2.21. The van der Waals surface area contributed by atoms with Crippen molar-refractivity contribution in [3.8, 4) is 0 Å². The van der Waals surface area contributed by atoms with Crippen LogP contribution in [0.4, 0.5) is 0 Å². The largest absolute Gasteiger partial charge is 0.352 e. The average Bonchev–Trinajstić information content (AvgIpc) is 2.27. The van der Waals surface area contributed by atoms with E-state index in [2.05, 4.69) is 15.9 Å². The predicted molar refractivity (Wildman–Crippen MR) is 68.5 cm³/mol. The van der Waals surface area contributed by atoms with Gasteiger partial charge in [0.1, 0.15) is 11.5 Å². The van der Waals surface area contributed by atoms with Gasteiger partial charge in [-0.05, 0) is 43.3 Å². The van der Waals surface area contributed by atoms with E-state index < -0.39 is 0 Å². The van der Waals surface area contributed by atoms with E-state index in [0.717, 1.165) is 9.37 Å². The molecule has 0 amide bonds. The number of benzene rings is 1. The molecule has 1 heterocycles. The molecule has 0 radical (unpaired) electrons. The fourth-order valence-corrected chi connectivity index (χ4v) is 2.54. The van der Waals surface area contributed by atoms with Crippen LogP contribution in [-0.2, 0) is 9.53 Å². The number of carbonyl (C=O) groups excluding carboxylic acids is 1. The Kier molecular flexibility index (Phi) is 3.84. The summed E-state index contributed by atoms with van der Waals surface area (Å²) in [5.74, 6) is 0.0349. The summed E-state index contributed by atoms with van der Waals surface area (Å²) < 4.78 is 6.60. The van der Waals surface area contributed by atoms with Gasteiger partial charge in [0, 0.05) is 9.37 Å². The predicted octanol–water partition coefficient (Wildman–Crippen LogP) is 3.41. The zero-order valence-electron chi connectivity index (χ0n) is 8.72. The molecule has 0 unspecified atom stereocenters. The minimum absolute atomic E-state index is 0.0349. The maximum absolute atomic E-state index is 11.2. The molecule has 1 aromatic carbocycles. The molecule has 0 spiro atoms. The summed E-state index contributed by atoms with van der Waals surface area (Å²) in [4.78, 5) is 12.3. The van der Waals surface area contributed by atoms with Crippen molar-refractivity contribution < 1.29 is 9.53 Å². The molecule has 2 atom stereocenters. The van der Waals surface area contributed by atoms with Crippen LogP contribution in [0.5, 0.6) is 0 Å². The highest BCUT2D eigenvalue weighted by molar-refractivity contribution is 9.10. The highest BCUT2D eigenvalue weighted by Crippen LogP contribution is 2.28. The quantitative estimate of drug-likeness (QED) is 0.837. The molecule has 2 rings (SSSR count). The van der Waals surface area contributed by atoms with Gasteiger partial charge in [-0.1, -0.05) is 27.7 Å². The van der Waals surface area contributed by atoms with Crippen molar-refractivity contribution in [1.82, 2.24) is 0 Å². The van der Waals surface area contributed by atoms with Crippen molar-refractivity contribution in [3.63, 3.8) is 0 Å². The Morgan fingerprint density at radius 3 is 2.62 bits per heavy atom. The lowest BCUT2D eigenvalue weighted by Crippen LogP contribution is -2.27. The molecule has 84 valence electrons. The van der Waals surface area contributed by atoms with Gasteiger partial charge in [-0.15, -0.1) is 0 Å². The van der Waals surface area contributed by atoms with E-state index in [0.29, 0.717) is 0 Å². The Morgan fingerprint density at radius 2 is 2.00 bits per heavy atom. The number of hydrogen-bond donors (Lipinski definition) is 0. The fraction of sp³-hybridized carbons (Fsp3) is 0.250. The van der Waals surface area contributed by atoms with Crippen molar-refractivity contribution in [2.75, 3.05) is 0 Å². The molecular weight excluding hydrogens is 288 g/mol. The third-order valence-corrected chi connectivity index (χ3v) is 3.80. The van der Waals surface area contributed by atoms with Crippen LogP contribution in [0, 0.1) is 0 Å². The Labute approximate surface area is 107 Å². The third-order valence-electron chi connectivity index (χ3n) is 2.22. The summed E-state index contributed by atoms with van der Waals surface area (Å²) >= 11 is 4.99. The number of hydrogen-bond acceptors (Lipinski definition) is 3. The lowest BCUT2D eigenvalue weighted by atomic mass is 10.2. The van der Waals surface area contributed by atoms with Gasteiger partial charge in [0.2, 0.25) is 0 Å². The van der Waals surface area contributed by atoms with Crippen LogP contribution in [0.1, 0.15) is 6.92 Å². The molecule has 0 bridgehead atoms. The second kappa shape index (κ2) is 5.17. The maximum Gasteiger partial charge on any atom is 0.183 e. The van der Waals surface area contributed by atoms with Crippen LogP contribution in [0.25, 0.3) is 0 Å². The van der Waals surface area contributed by atoms with Crippen molar-refractivity contribution in [2.24, 2.45) is 0 Å². The summed E-state index contributed by atoms with van der Waals surface area (Å²) in [6.45, 7) is 1.78. The van der Waals surface area contributed by atoms with Crippen LogP contribution in [0.3, 0.4) is 0 Å². The molecule has 16 heavy (non-hydrogen) atoms. The highest BCUT2D eigenvalue weighted by Gasteiger charge is 2.21. The first-order chi connectivity index (χ1) is 7.65. The van der Waals surface area contributed by atoms with Gasteiger partial charge in [-0.3, -0.25) is 4.79 Å². The van der Waals surface area contributed by atoms with Crippen LogP contribution < -0.4 is 0 Å². The first-order valence-corrected chi connectivity index (χ1v) is 6.62. The third kappa shape index (κ3) is 2.97. The monoisotopic (exact) mass is 298 g/mol. The molecule has 2 nitrogen and oxygen atoms in total. The van der Waals surface area contributed by atoms with Crippen LogP contribution >= 0.6 is 27.7 Å². The molecule has 0 aliphatic carbocycles. The molecule has 0 aromatic heterocycles. The van der Waals surface area contributed by atoms with Gasteiger partial charge in [0.05, 0.1) is 0 Å². The molecule has 1 aromatic rings. The molecule has 0 fully saturated rings.